The molecule has 4 aromatic carbocycles. The highest BCUT2D eigenvalue weighted by atomic mass is 79.9. The molecule has 0 saturated heterocycles. The second-order valence-corrected chi connectivity index (χ2v) is 9.80. The van der Waals surface area contributed by atoms with Crippen molar-refractivity contribution in [1.29, 1.82) is 0 Å². The summed E-state index contributed by atoms with van der Waals surface area (Å²) in [6, 6.07) is 26.6. The van der Waals surface area contributed by atoms with Gasteiger partial charge in [-0.3, -0.25) is 0 Å². The van der Waals surface area contributed by atoms with E-state index in [1.54, 1.807) is 6.07 Å². The molecule has 32 heavy (non-hydrogen) atoms. The summed E-state index contributed by atoms with van der Waals surface area (Å²) in [6.45, 7) is 0. The maximum Gasteiger partial charge on any atom is 0.213 e. The third-order valence-corrected chi connectivity index (χ3v) is 7.02. The number of hydrogen-bond acceptors (Lipinski definition) is 3. The van der Waals surface area contributed by atoms with Crippen molar-refractivity contribution >= 4 is 55.6 Å². The summed E-state index contributed by atoms with van der Waals surface area (Å²) in [5.74, 6) is 0.678. The van der Waals surface area contributed by atoms with Crippen LogP contribution in [0.5, 0.6) is 5.75 Å². The van der Waals surface area contributed by atoms with Crippen LogP contribution in [-0.4, -0.2) is 10.7 Å². The van der Waals surface area contributed by atoms with Gasteiger partial charge in [-0.2, -0.15) is 5.10 Å². The molecule has 0 aromatic heterocycles. The van der Waals surface area contributed by atoms with E-state index in [-0.39, 0.29) is 12.3 Å². The van der Waals surface area contributed by atoms with Gasteiger partial charge in [0, 0.05) is 27.0 Å². The molecule has 2 aliphatic heterocycles. The molecule has 6 heteroatoms. The Bertz CT molecular complexity index is 1400. The van der Waals surface area contributed by atoms with Gasteiger partial charge < -0.3 is 4.74 Å². The highest BCUT2D eigenvalue weighted by Gasteiger charge is 2.42. The Balaban J connectivity index is 1.48. The third-order valence-electron chi connectivity index (χ3n) is 6.02. The van der Waals surface area contributed by atoms with E-state index >= 15 is 0 Å². The van der Waals surface area contributed by atoms with E-state index in [2.05, 4.69) is 64.5 Å². The molecular weight excluding hydrogens is 507 g/mol. The summed E-state index contributed by atoms with van der Waals surface area (Å²) in [5, 5.41) is 10.6. The fraction of sp³-hybridized carbons (Fsp3) is 0.115. The van der Waals surface area contributed by atoms with Crippen LogP contribution >= 0.6 is 39.1 Å². The van der Waals surface area contributed by atoms with Gasteiger partial charge in [0.05, 0.1) is 16.8 Å². The van der Waals surface area contributed by atoms with E-state index in [9.17, 15) is 0 Å². The zero-order valence-electron chi connectivity index (χ0n) is 16.8. The second kappa shape index (κ2) is 7.80. The van der Waals surface area contributed by atoms with Gasteiger partial charge in [0.25, 0.3) is 0 Å². The van der Waals surface area contributed by atoms with Crippen LogP contribution < -0.4 is 4.74 Å². The largest absolute Gasteiger partial charge is 0.463 e. The number of nitrogens with zero attached hydrogens (tertiary/aromatic N) is 2. The maximum absolute atomic E-state index is 6.57. The summed E-state index contributed by atoms with van der Waals surface area (Å²) in [5.41, 5.74) is 4.10. The quantitative estimate of drug-likeness (QED) is 0.265. The lowest BCUT2D eigenvalue weighted by Crippen LogP contribution is -2.33. The van der Waals surface area contributed by atoms with Crippen LogP contribution in [0.15, 0.2) is 88.4 Å². The van der Waals surface area contributed by atoms with E-state index in [1.807, 2.05) is 29.3 Å². The molecule has 4 aromatic rings. The Morgan fingerprint density at radius 1 is 0.906 bits per heavy atom. The van der Waals surface area contributed by atoms with Crippen LogP contribution in [0.25, 0.3) is 10.8 Å². The molecule has 6 rings (SSSR count). The normalized spacial score (nSPS) is 19.3. The fourth-order valence-corrected chi connectivity index (χ4v) is 5.51. The smallest absolute Gasteiger partial charge is 0.213 e. The highest BCUT2D eigenvalue weighted by molar-refractivity contribution is 9.10. The van der Waals surface area contributed by atoms with Crippen LogP contribution in [0.3, 0.4) is 0 Å². The first-order valence-corrected chi connectivity index (χ1v) is 11.9. The lowest BCUT2D eigenvalue weighted by molar-refractivity contribution is -0.0189. The summed E-state index contributed by atoms with van der Waals surface area (Å²) < 4.78 is 7.42. The standard InChI is InChI=1S/C26H17BrCl2N2O/c27-19-7-3-6-18(11-19)26-31-24(21-12-20(28)13-22(29)25(21)32-26)14-23(30-31)17-9-8-15-4-1-2-5-16(15)10-17/h1-13,24,26H,14H2. The zero-order chi connectivity index (χ0) is 21.8. The first kappa shape index (κ1) is 20.1. The topological polar surface area (TPSA) is 24.8 Å². The molecule has 2 aliphatic rings. The van der Waals surface area contributed by atoms with E-state index in [1.165, 1.54) is 10.8 Å². The Kier molecular flexibility index (Phi) is 4.90. The van der Waals surface area contributed by atoms with Crippen molar-refractivity contribution in [2.75, 3.05) is 0 Å². The van der Waals surface area contributed by atoms with Gasteiger partial charge in [0.15, 0.2) is 0 Å². The number of benzene rings is 4. The first-order valence-electron chi connectivity index (χ1n) is 10.3. The van der Waals surface area contributed by atoms with Crippen LogP contribution in [0.2, 0.25) is 10.0 Å². The molecule has 0 bridgehead atoms. The monoisotopic (exact) mass is 522 g/mol. The SMILES string of the molecule is Clc1cc(Cl)c2c(c1)C1CC(c3ccc4ccccc4c3)=NN1C(c1cccc(Br)c1)O2. The fourth-order valence-electron chi connectivity index (χ4n) is 4.54. The molecule has 3 nitrogen and oxygen atoms in total. The average Bonchev–Trinajstić information content (AvgIpc) is 3.24. The minimum atomic E-state index is -0.387. The predicted octanol–water partition coefficient (Wildman–Crippen LogP) is 8.15. The lowest BCUT2D eigenvalue weighted by atomic mass is 9.95. The average molecular weight is 524 g/mol. The summed E-state index contributed by atoms with van der Waals surface area (Å²) in [7, 11) is 0. The van der Waals surface area contributed by atoms with Crippen LogP contribution in [0, 0.1) is 0 Å². The molecule has 0 radical (unpaired) electrons. The van der Waals surface area contributed by atoms with E-state index < -0.39 is 0 Å². The lowest BCUT2D eigenvalue weighted by Gasteiger charge is -2.38. The van der Waals surface area contributed by atoms with Gasteiger partial charge in [-0.1, -0.05) is 87.7 Å². The number of hydrazone groups is 1. The van der Waals surface area contributed by atoms with Crippen LogP contribution in [0.4, 0.5) is 0 Å². The number of rotatable bonds is 2. The zero-order valence-corrected chi connectivity index (χ0v) is 19.9. The minimum Gasteiger partial charge on any atom is -0.463 e. The van der Waals surface area contributed by atoms with Crippen molar-refractivity contribution in [3.63, 3.8) is 0 Å². The van der Waals surface area contributed by atoms with Crippen LogP contribution in [0.1, 0.15) is 35.4 Å². The number of halogens is 3. The van der Waals surface area contributed by atoms with Gasteiger partial charge in [-0.15, -0.1) is 0 Å². The Morgan fingerprint density at radius 2 is 1.75 bits per heavy atom. The molecule has 0 spiro atoms. The van der Waals surface area contributed by atoms with E-state index in [0.717, 1.165) is 33.3 Å². The van der Waals surface area contributed by atoms with Gasteiger partial charge in [-0.25, -0.2) is 5.01 Å². The van der Waals surface area contributed by atoms with Gasteiger partial charge in [-0.05, 0) is 46.7 Å². The Labute approximate surface area is 204 Å². The number of fused-ring (bicyclic) bond motifs is 4. The van der Waals surface area contributed by atoms with Gasteiger partial charge in [0.1, 0.15) is 5.75 Å². The molecule has 2 heterocycles. The molecule has 2 atom stereocenters. The third kappa shape index (κ3) is 3.38. The molecule has 0 fully saturated rings. The Hall–Kier alpha value is -2.53. The maximum atomic E-state index is 6.57. The van der Waals surface area contributed by atoms with Crippen LogP contribution in [-0.2, 0) is 0 Å². The van der Waals surface area contributed by atoms with Crippen molar-refractivity contribution in [2.24, 2.45) is 5.10 Å². The molecule has 0 N–H and O–H groups in total. The Morgan fingerprint density at radius 3 is 2.59 bits per heavy atom. The van der Waals surface area contributed by atoms with Gasteiger partial charge >= 0.3 is 0 Å². The molecule has 158 valence electrons. The van der Waals surface area contributed by atoms with Crippen molar-refractivity contribution in [2.45, 2.75) is 18.7 Å². The summed E-state index contributed by atoms with van der Waals surface area (Å²) in [4.78, 5) is 0. The predicted molar refractivity (Wildman–Crippen MR) is 134 cm³/mol. The van der Waals surface area contributed by atoms with Gasteiger partial charge in [0.2, 0.25) is 6.23 Å². The highest BCUT2D eigenvalue weighted by Crippen LogP contribution is 2.51. The molecule has 0 aliphatic carbocycles. The first-order chi connectivity index (χ1) is 15.6. The second-order valence-electron chi connectivity index (χ2n) is 8.04. The summed E-state index contributed by atoms with van der Waals surface area (Å²) in [6.07, 6.45) is 0.359. The minimum absolute atomic E-state index is 0.0135. The molecule has 2 unspecified atom stereocenters. The number of hydrogen-bond donors (Lipinski definition) is 0. The van der Waals surface area contributed by atoms with Crippen molar-refractivity contribution < 1.29 is 4.74 Å². The molecular formula is C26H17BrCl2N2O. The van der Waals surface area contributed by atoms with E-state index in [4.69, 9.17) is 33.0 Å². The van der Waals surface area contributed by atoms with E-state index in [0.29, 0.717) is 15.8 Å². The molecule has 0 saturated carbocycles. The summed E-state index contributed by atoms with van der Waals surface area (Å²) >= 11 is 16.5. The van der Waals surface area contributed by atoms with Crippen molar-refractivity contribution in [3.8, 4) is 5.75 Å². The van der Waals surface area contributed by atoms with Crippen molar-refractivity contribution in [3.05, 3.63) is 110 Å². The van der Waals surface area contributed by atoms with Crippen molar-refractivity contribution in [1.82, 2.24) is 5.01 Å². The number of ether oxygens (including phenoxy) is 1. The molecule has 0 amide bonds.